The third-order valence-electron chi connectivity index (χ3n) is 3.20. The van der Waals surface area contributed by atoms with Crippen LogP contribution in [0.4, 0.5) is 0 Å². The van der Waals surface area contributed by atoms with Crippen LogP contribution < -0.4 is 0 Å². The fourth-order valence-electron chi connectivity index (χ4n) is 2.47. The van der Waals surface area contributed by atoms with Crippen molar-refractivity contribution in [2.45, 2.75) is 40.2 Å². The van der Waals surface area contributed by atoms with Crippen molar-refractivity contribution in [3.8, 4) is 0 Å². The van der Waals surface area contributed by atoms with Crippen LogP contribution in [0.2, 0.25) is 0 Å². The molecule has 0 aliphatic carbocycles. The molecule has 0 N–H and O–H groups in total. The Morgan fingerprint density at radius 3 is 2.56 bits per heavy atom. The maximum absolute atomic E-state index is 2.49. The Labute approximate surface area is 111 Å². The van der Waals surface area contributed by atoms with E-state index in [0.29, 0.717) is 0 Å². The summed E-state index contributed by atoms with van der Waals surface area (Å²) in [5, 5.41) is 2.87. The van der Waals surface area contributed by atoms with Crippen LogP contribution in [-0.4, -0.2) is 4.57 Å². The third-order valence-corrected chi connectivity index (χ3v) is 3.87. The van der Waals surface area contributed by atoms with Gasteiger partial charge in [-0.05, 0) is 54.5 Å². The zero-order valence-electron chi connectivity index (χ0n) is 10.2. The Balaban J connectivity index is 2.74. The zero-order valence-corrected chi connectivity index (χ0v) is 12.3. The van der Waals surface area contributed by atoms with Crippen LogP contribution >= 0.6 is 22.6 Å². The van der Waals surface area contributed by atoms with Crippen LogP contribution in [0.1, 0.15) is 31.7 Å². The standard InChI is InChI=1S/C14H18IN/c1-4-8-16-10(3)12-7-6-11(15)9-13(12)14(16)5-2/h6-7,9H,4-5,8H2,1-3H3. The molecular formula is C14H18IN. The summed E-state index contributed by atoms with van der Waals surface area (Å²) >= 11 is 2.39. The van der Waals surface area contributed by atoms with Gasteiger partial charge in [0.1, 0.15) is 0 Å². The summed E-state index contributed by atoms with van der Waals surface area (Å²) in [6.45, 7) is 7.87. The quantitative estimate of drug-likeness (QED) is 0.730. The average Bonchev–Trinajstić information content (AvgIpc) is 2.52. The largest absolute Gasteiger partial charge is 0.348 e. The van der Waals surface area contributed by atoms with Gasteiger partial charge in [0, 0.05) is 32.3 Å². The molecule has 1 heterocycles. The summed E-state index contributed by atoms with van der Waals surface area (Å²) in [5.74, 6) is 0. The molecule has 0 radical (unpaired) electrons. The number of fused-ring (bicyclic) bond motifs is 1. The minimum Gasteiger partial charge on any atom is -0.348 e. The van der Waals surface area contributed by atoms with E-state index in [1.54, 1.807) is 0 Å². The second-order valence-corrected chi connectivity index (χ2v) is 5.47. The molecular weight excluding hydrogens is 309 g/mol. The van der Waals surface area contributed by atoms with Gasteiger partial charge in [0.15, 0.2) is 0 Å². The maximum Gasteiger partial charge on any atom is 0.0253 e. The summed E-state index contributed by atoms with van der Waals surface area (Å²) < 4.78 is 3.81. The van der Waals surface area contributed by atoms with Gasteiger partial charge >= 0.3 is 0 Å². The molecule has 0 atom stereocenters. The number of benzene rings is 1. The first-order valence-corrected chi connectivity index (χ1v) is 7.04. The van der Waals surface area contributed by atoms with Crippen molar-refractivity contribution < 1.29 is 0 Å². The van der Waals surface area contributed by atoms with Gasteiger partial charge in [-0.2, -0.15) is 0 Å². The van der Waals surface area contributed by atoms with Crippen molar-refractivity contribution in [3.05, 3.63) is 33.2 Å². The molecule has 2 heteroatoms. The number of rotatable bonds is 3. The minimum atomic E-state index is 1.12. The molecule has 0 fully saturated rings. The van der Waals surface area contributed by atoms with Crippen molar-refractivity contribution in [1.29, 1.82) is 0 Å². The molecule has 0 saturated carbocycles. The number of halogens is 1. The molecule has 0 unspecified atom stereocenters. The summed E-state index contributed by atoms with van der Waals surface area (Å²) in [4.78, 5) is 0. The first-order chi connectivity index (χ1) is 7.69. The lowest BCUT2D eigenvalue weighted by Gasteiger charge is -2.08. The van der Waals surface area contributed by atoms with E-state index in [9.17, 15) is 0 Å². The molecule has 1 aromatic heterocycles. The summed E-state index contributed by atoms with van der Waals surface area (Å²) in [7, 11) is 0. The van der Waals surface area contributed by atoms with Gasteiger partial charge in [-0.25, -0.2) is 0 Å². The van der Waals surface area contributed by atoms with Crippen molar-refractivity contribution in [3.63, 3.8) is 0 Å². The molecule has 0 aliphatic heterocycles. The van der Waals surface area contributed by atoms with E-state index in [0.717, 1.165) is 13.0 Å². The fourth-order valence-corrected chi connectivity index (χ4v) is 2.96. The number of aromatic nitrogens is 1. The Bertz CT molecular complexity index is 511. The first-order valence-electron chi connectivity index (χ1n) is 5.96. The predicted molar refractivity (Wildman–Crippen MR) is 79.1 cm³/mol. The Morgan fingerprint density at radius 1 is 1.19 bits per heavy atom. The van der Waals surface area contributed by atoms with Crippen molar-refractivity contribution in [2.75, 3.05) is 0 Å². The number of hydrogen-bond donors (Lipinski definition) is 0. The highest BCUT2D eigenvalue weighted by Gasteiger charge is 2.11. The lowest BCUT2D eigenvalue weighted by molar-refractivity contribution is 0.640. The number of nitrogens with zero attached hydrogens (tertiary/aromatic N) is 1. The van der Waals surface area contributed by atoms with Crippen LogP contribution in [0.25, 0.3) is 10.8 Å². The van der Waals surface area contributed by atoms with Crippen LogP contribution in [0.15, 0.2) is 18.2 Å². The van der Waals surface area contributed by atoms with E-state index in [4.69, 9.17) is 0 Å². The van der Waals surface area contributed by atoms with Crippen molar-refractivity contribution in [1.82, 2.24) is 4.57 Å². The highest BCUT2D eigenvalue weighted by molar-refractivity contribution is 14.1. The molecule has 86 valence electrons. The molecule has 0 spiro atoms. The average molecular weight is 327 g/mol. The predicted octanol–water partition coefficient (Wildman–Crippen LogP) is 4.53. The minimum absolute atomic E-state index is 1.12. The van der Waals surface area contributed by atoms with E-state index in [1.165, 1.54) is 32.2 Å². The summed E-state index contributed by atoms with van der Waals surface area (Å²) in [6.07, 6.45) is 2.32. The second kappa shape index (κ2) is 4.78. The fraction of sp³-hybridized carbons (Fsp3) is 0.429. The molecule has 1 nitrogen and oxygen atoms in total. The smallest absolute Gasteiger partial charge is 0.0253 e. The van der Waals surface area contributed by atoms with Crippen LogP contribution in [-0.2, 0) is 13.0 Å². The molecule has 16 heavy (non-hydrogen) atoms. The highest BCUT2D eigenvalue weighted by atomic mass is 127. The molecule has 2 aromatic rings. The number of hydrogen-bond acceptors (Lipinski definition) is 0. The molecule has 0 aliphatic rings. The van der Waals surface area contributed by atoms with Crippen molar-refractivity contribution in [2.24, 2.45) is 0 Å². The monoisotopic (exact) mass is 327 g/mol. The van der Waals surface area contributed by atoms with E-state index in [1.807, 2.05) is 0 Å². The summed E-state index contributed by atoms with van der Waals surface area (Å²) in [5.41, 5.74) is 2.91. The molecule has 0 amide bonds. The van der Waals surface area contributed by atoms with Gasteiger partial charge in [0.25, 0.3) is 0 Å². The third kappa shape index (κ3) is 1.88. The Kier molecular flexibility index (Phi) is 3.57. The first kappa shape index (κ1) is 12.0. The van der Waals surface area contributed by atoms with Gasteiger partial charge in [-0.1, -0.05) is 19.9 Å². The van der Waals surface area contributed by atoms with Gasteiger partial charge in [-0.15, -0.1) is 0 Å². The second-order valence-electron chi connectivity index (χ2n) is 4.23. The van der Waals surface area contributed by atoms with E-state index in [-0.39, 0.29) is 0 Å². The molecule has 0 saturated heterocycles. The summed E-state index contributed by atoms with van der Waals surface area (Å²) in [6, 6.07) is 6.78. The molecule has 0 bridgehead atoms. The van der Waals surface area contributed by atoms with Crippen LogP contribution in [0.5, 0.6) is 0 Å². The Morgan fingerprint density at radius 2 is 1.94 bits per heavy atom. The van der Waals surface area contributed by atoms with E-state index in [2.05, 4.69) is 66.1 Å². The zero-order chi connectivity index (χ0) is 11.7. The van der Waals surface area contributed by atoms with Crippen LogP contribution in [0, 0.1) is 10.5 Å². The van der Waals surface area contributed by atoms with Gasteiger partial charge < -0.3 is 4.57 Å². The van der Waals surface area contributed by atoms with Gasteiger partial charge in [0.2, 0.25) is 0 Å². The van der Waals surface area contributed by atoms with Crippen LogP contribution in [0.3, 0.4) is 0 Å². The van der Waals surface area contributed by atoms with E-state index < -0.39 is 0 Å². The topological polar surface area (TPSA) is 4.93 Å². The lowest BCUT2D eigenvalue weighted by Crippen LogP contribution is -2.03. The SMILES string of the molecule is CCCn1c(C)c2ccc(I)cc2c1CC. The van der Waals surface area contributed by atoms with E-state index >= 15 is 0 Å². The van der Waals surface area contributed by atoms with Crippen molar-refractivity contribution >= 4 is 33.4 Å². The number of aryl methyl sites for hydroxylation is 2. The highest BCUT2D eigenvalue weighted by Crippen LogP contribution is 2.28. The van der Waals surface area contributed by atoms with Gasteiger partial charge in [0.05, 0.1) is 0 Å². The lowest BCUT2D eigenvalue weighted by atomic mass is 10.1. The Hall–Kier alpha value is -0.510. The van der Waals surface area contributed by atoms with Gasteiger partial charge in [-0.3, -0.25) is 0 Å². The molecule has 2 rings (SSSR count). The molecule has 1 aromatic carbocycles. The maximum atomic E-state index is 2.49. The normalized spacial score (nSPS) is 11.2.